The van der Waals surface area contributed by atoms with Crippen LogP contribution < -0.4 is 5.32 Å². The summed E-state index contributed by atoms with van der Waals surface area (Å²) < 4.78 is 12.6. The summed E-state index contributed by atoms with van der Waals surface area (Å²) in [6, 6.07) is 5.48. The molecule has 0 bridgehead atoms. The first-order valence-corrected chi connectivity index (χ1v) is 10.4. The molecule has 1 saturated heterocycles. The Kier molecular flexibility index (Phi) is 6.07. The maximum atomic E-state index is 13.0. The van der Waals surface area contributed by atoms with Gasteiger partial charge < -0.3 is 19.7 Å². The lowest BCUT2D eigenvalue weighted by molar-refractivity contribution is -0.0226. The molecule has 0 saturated carbocycles. The molecule has 1 aliphatic heterocycles. The largest absolute Gasteiger partial charge is 0.383 e. The molecule has 158 valence electrons. The lowest BCUT2D eigenvalue weighted by atomic mass is 10.0. The highest BCUT2D eigenvalue weighted by Gasteiger charge is 2.32. The van der Waals surface area contributed by atoms with Gasteiger partial charge in [0.2, 0.25) is 0 Å². The number of methoxy groups -OCH3 is 1. The number of hydrogen-bond acceptors (Lipinski definition) is 7. The molecular formula is C20H23N5O4S. The molecular weight excluding hydrogens is 406 g/mol. The van der Waals surface area contributed by atoms with Gasteiger partial charge in [-0.2, -0.15) is 5.10 Å². The van der Waals surface area contributed by atoms with Crippen molar-refractivity contribution in [1.82, 2.24) is 25.0 Å². The van der Waals surface area contributed by atoms with Crippen LogP contribution in [0, 0.1) is 0 Å². The van der Waals surface area contributed by atoms with Gasteiger partial charge >= 0.3 is 0 Å². The minimum absolute atomic E-state index is 0.105. The van der Waals surface area contributed by atoms with Crippen LogP contribution >= 0.6 is 11.3 Å². The number of aryl methyl sites for hydroxylation is 1. The molecule has 10 heteroatoms. The Hall–Kier alpha value is -2.82. The van der Waals surface area contributed by atoms with Crippen LogP contribution in [0.3, 0.4) is 0 Å². The number of rotatable bonds is 6. The molecule has 1 atom stereocenters. The highest BCUT2D eigenvalue weighted by atomic mass is 32.1. The van der Waals surface area contributed by atoms with Gasteiger partial charge in [0, 0.05) is 50.6 Å². The predicted molar refractivity (Wildman–Crippen MR) is 112 cm³/mol. The van der Waals surface area contributed by atoms with E-state index >= 15 is 0 Å². The Morgan fingerprint density at radius 2 is 2.23 bits per heavy atom. The molecule has 1 N–H and O–H groups in total. The van der Waals surface area contributed by atoms with Crippen LogP contribution in [0.25, 0.3) is 10.2 Å². The summed E-state index contributed by atoms with van der Waals surface area (Å²) in [5, 5.41) is 7.83. The molecule has 1 aliphatic rings. The highest BCUT2D eigenvalue weighted by Crippen LogP contribution is 2.37. The molecule has 0 spiro atoms. The summed E-state index contributed by atoms with van der Waals surface area (Å²) in [4.78, 5) is 33.3. The van der Waals surface area contributed by atoms with E-state index in [0.717, 1.165) is 15.8 Å². The number of pyridine rings is 1. The zero-order valence-corrected chi connectivity index (χ0v) is 17.6. The van der Waals surface area contributed by atoms with E-state index in [-0.39, 0.29) is 11.8 Å². The quantitative estimate of drug-likeness (QED) is 0.598. The van der Waals surface area contributed by atoms with Crippen LogP contribution in [-0.2, 0) is 16.5 Å². The first-order valence-electron chi connectivity index (χ1n) is 9.63. The van der Waals surface area contributed by atoms with Crippen molar-refractivity contribution < 1.29 is 19.1 Å². The third-order valence-electron chi connectivity index (χ3n) is 5.02. The second-order valence-corrected chi connectivity index (χ2v) is 7.90. The average Bonchev–Trinajstić information content (AvgIpc) is 3.37. The maximum absolute atomic E-state index is 13.0. The number of hydrogen-bond donors (Lipinski definition) is 1. The minimum Gasteiger partial charge on any atom is -0.383 e. The van der Waals surface area contributed by atoms with Gasteiger partial charge in [0.1, 0.15) is 21.5 Å². The maximum Gasteiger partial charge on any atom is 0.272 e. The molecule has 3 aromatic heterocycles. The van der Waals surface area contributed by atoms with Gasteiger partial charge in [0.25, 0.3) is 11.8 Å². The zero-order valence-electron chi connectivity index (χ0n) is 16.8. The molecule has 0 radical (unpaired) electrons. The standard InChI is InChI=1S/C20H23N5O4S/c1-24-14(5-7-23-24)20(27)25-9-11-29-15(12-25)16-13-4-3-6-22-19(13)30-17(16)18(26)21-8-10-28-2/h3-7,15H,8-12H2,1-2H3,(H,21,26)/t15-/m0/s1. The van der Waals surface area contributed by atoms with Crippen molar-refractivity contribution in [3.63, 3.8) is 0 Å². The molecule has 1 fully saturated rings. The Bertz CT molecular complexity index is 1060. The average molecular weight is 430 g/mol. The Labute approximate surface area is 177 Å². The normalized spacial score (nSPS) is 16.7. The first kappa shape index (κ1) is 20.5. The lowest BCUT2D eigenvalue weighted by Gasteiger charge is -2.33. The number of ether oxygens (including phenoxy) is 2. The molecule has 0 unspecified atom stereocenters. The number of fused-ring (bicyclic) bond motifs is 1. The van der Waals surface area contributed by atoms with Crippen LogP contribution in [0.5, 0.6) is 0 Å². The van der Waals surface area contributed by atoms with Crippen molar-refractivity contribution in [2.75, 3.05) is 40.0 Å². The smallest absolute Gasteiger partial charge is 0.272 e. The van der Waals surface area contributed by atoms with Crippen molar-refractivity contribution in [2.45, 2.75) is 6.10 Å². The number of morpholine rings is 1. The summed E-state index contributed by atoms with van der Waals surface area (Å²) in [6.07, 6.45) is 2.89. The summed E-state index contributed by atoms with van der Waals surface area (Å²) in [5.41, 5.74) is 1.30. The van der Waals surface area contributed by atoms with Gasteiger partial charge in [-0.1, -0.05) is 6.07 Å². The third-order valence-corrected chi connectivity index (χ3v) is 6.15. The van der Waals surface area contributed by atoms with Gasteiger partial charge in [0.05, 0.1) is 19.8 Å². The number of aromatic nitrogens is 3. The third kappa shape index (κ3) is 3.93. The zero-order chi connectivity index (χ0) is 21.1. The molecule has 3 aromatic rings. The summed E-state index contributed by atoms with van der Waals surface area (Å²) in [7, 11) is 3.33. The first-order chi connectivity index (χ1) is 14.6. The van der Waals surface area contributed by atoms with E-state index in [0.29, 0.717) is 43.4 Å². The molecule has 0 aromatic carbocycles. The topological polar surface area (TPSA) is 98.6 Å². The van der Waals surface area contributed by atoms with E-state index in [4.69, 9.17) is 9.47 Å². The van der Waals surface area contributed by atoms with Gasteiger partial charge in [-0.3, -0.25) is 14.3 Å². The van der Waals surface area contributed by atoms with Crippen molar-refractivity contribution in [1.29, 1.82) is 0 Å². The van der Waals surface area contributed by atoms with Gasteiger partial charge in [-0.05, 0) is 12.1 Å². The van der Waals surface area contributed by atoms with Gasteiger partial charge in [0.15, 0.2) is 0 Å². The minimum atomic E-state index is -0.419. The van der Waals surface area contributed by atoms with Crippen molar-refractivity contribution in [3.8, 4) is 0 Å². The van der Waals surface area contributed by atoms with E-state index in [1.54, 1.807) is 42.2 Å². The van der Waals surface area contributed by atoms with E-state index in [1.165, 1.54) is 11.3 Å². The van der Waals surface area contributed by atoms with Crippen molar-refractivity contribution in [3.05, 3.63) is 46.7 Å². The summed E-state index contributed by atoms with van der Waals surface area (Å²) in [6.45, 7) is 2.06. The van der Waals surface area contributed by atoms with Crippen LogP contribution in [0.1, 0.15) is 31.8 Å². The fraction of sp³-hybridized carbons (Fsp3) is 0.400. The number of carbonyl (C=O) groups excluding carboxylic acids is 2. The number of amides is 2. The predicted octanol–water partition coefficient (Wildman–Crippen LogP) is 1.62. The molecule has 9 nitrogen and oxygen atoms in total. The molecule has 30 heavy (non-hydrogen) atoms. The fourth-order valence-corrected chi connectivity index (χ4v) is 4.65. The van der Waals surface area contributed by atoms with Crippen molar-refractivity contribution in [2.24, 2.45) is 7.05 Å². The Morgan fingerprint density at radius 1 is 1.37 bits per heavy atom. The van der Waals surface area contributed by atoms with E-state index < -0.39 is 6.10 Å². The molecule has 4 heterocycles. The monoisotopic (exact) mass is 429 g/mol. The summed E-state index contributed by atoms with van der Waals surface area (Å²) in [5.74, 6) is -0.296. The van der Waals surface area contributed by atoms with E-state index in [9.17, 15) is 9.59 Å². The molecule has 4 rings (SSSR count). The second kappa shape index (κ2) is 8.90. The number of nitrogens with one attached hydrogen (secondary N) is 1. The van der Waals surface area contributed by atoms with Gasteiger partial charge in [-0.15, -0.1) is 11.3 Å². The van der Waals surface area contributed by atoms with Crippen LogP contribution in [0.4, 0.5) is 0 Å². The van der Waals surface area contributed by atoms with Gasteiger partial charge in [-0.25, -0.2) is 4.98 Å². The second-order valence-electron chi connectivity index (χ2n) is 6.90. The summed E-state index contributed by atoms with van der Waals surface area (Å²) >= 11 is 1.33. The molecule has 2 amide bonds. The number of carbonyl (C=O) groups is 2. The van der Waals surface area contributed by atoms with Crippen LogP contribution in [0.15, 0.2) is 30.6 Å². The van der Waals surface area contributed by atoms with E-state index in [2.05, 4.69) is 15.4 Å². The van der Waals surface area contributed by atoms with Crippen LogP contribution in [0.2, 0.25) is 0 Å². The SMILES string of the molecule is COCCNC(=O)c1sc2ncccc2c1[C@@H]1CN(C(=O)c2ccnn2C)CCO1. The van der Waals surface area contributed by atoms with E-state index in [1.807, 2.05) is 12.1 Å². The fourth-order valence-electron chi connectivity index (χ4n) is 3.54. The Morgan fingerprint density at radius 3 is 3.00 bits per heavy atom. The van der Waals surface area contributed by atoms with Crippen LogP contribution in [-0.4, -0.2) is 71.4 Å². The molecule has 0 aliphatic carbocycles. The van der Waals surface area contributed by atoms with Crippen molar-refractivity contribution >= 4 is 33.4 Å². The Balaban J connectivity index is 1.64. The highest BCUT2D eigenvalue weighted by molar-refractivity contribution is 7.20. The lowest BCUT2D eigenvalue weighted by Crippen LogP contribution is -2.43. The number of thiophene rings is 1. The number of nitrogens with zero attached hydrogens (tertiary/aromatic N) is 4.